The lowest BCUT2D eigenvalue weighted by atomic mass is 10.5. The van der Waals surface area contributed by atoms with Crippen LogP contribution in [0.2, 0.25) is 0 Å². The molecule has 10 heavy (non-hydrogen) atoms. The molecule has 0 bridgehead atoms. The number of Topliss-reactive ketones (excluding diaryl/α,β-unsaturated/α-hetero) is 1. The van der Waals surface area contributed by atoms with Crippen molar-refractivity contribution in [2.45, 2.75) is 6.92 Å². The second-order valence-electron chi connectivity index (χ2n) is 2.05. The van der Waals surface area contributed by atoms with E-state index in [9.17, 15) is 13.2 Å². The van der Waals surface area contributed by atoms with Gasteiger partial charge < -0.3 is 0 Å². The molecule has 0 aromatic heterocycles. The van der Waals surface area contributed by atoms with Gasteiger partial charge in [0, 0.05) is 0 Å². The molecule has 0 saturated carbocycles. The van der Waals surface area contributed by atoms with Crippen molar-refractivity contribution in [3.05, 3.63) is 12.7 Å². The highest BCUT2D eigenvalue weighted by atomic mass is 32.2. The molecule has 0 aromatic carbocycles. The molecule has 0 radical (unpaired) electrons. The average molecular weight is 162 g/mol. The molecule has 3 nitrogen and oxygen atoms in total. The van der Waals surface area contributed by atoms with Gasteiger partial charge in [0.05, 0.1) is 5.75 Å². The van der Waals surface area contributed by atoms with Crippen LogP contribution in [0, 0.1) is 0 Å². The third-order valence-corrected chi connectivity index (χ3v) is 2.38. The Kier molecular flexibility index (Phi) is 3.28. The van der Waals surface area contributed by atoms with Crippen LogP contribution in [-0.4, -0.2) is 25.7 Å². The second-order valence-corrected chi connectivity index (χ2v) is 4.15. The van der Waals surface area contributed by atoms with Crippen molar-refractivity contribution in [1.82, 2.24) is 0 Å². The van der Waals surface area contributed by atoms with E-state index in [0.717, 1.165) is 0 Å². The lowest BCUT2D eigenvalue weighted by molar-refractivity contribution is -0.114. The molecule has 4 heteroatoms. The molecule has 0 aliphatic carbocycles. The van der Waals surface area contributed by atoms with E-state index >= 15 is 0 Å². The number of carbonyl (C=O) groups is 1. The summed E-state index contributed by atoms with van der Waals surface area (Å²) in [5.41, 5.74) is 0. The van der Waals surface area contributed by atoms with E-state index in [1.807, 2.05) is 0 Å². The van der Waals surface area contributed by atoms with Crippen molar-refractivity contribution < 1.29 is 13.2 Å². The Morgan fingerprint density at radius 1 is 1.60 bits per heavy atom. The molecule has 0 spiro atoms. The minimum Gasteiger partial charge on any atom is -0.299 e. The SMILES string of the molecule is C=CCS(=O)(=O)CC(C)=O. The lowest BCUT2D eigenvalue weighted by Crippen LogP contribution is -2.15. The zero-order chi connectivity index (χ0) is 8.20. The first-order valence-electron chi connectivity index (χ1n) is 2.78. The summed E-state index contributed by atoms with van der Waals surface area (Å²) in [6, 6.07) is 0. The summed E-state index contributed by atoms with van der Waals surface area (Å²) in [6.45, 7) is 4.51. The molecule has 0 fully saturated rings. The van der Waals surface area contributed by atoms with Gasteiger partial charge in [-0.25, -0.2) is 8.42 Å². The fourth-order valence-corrected chi connectivity index (χ4v) is 1.64. The van der Waals surface area contributed by atoms with E-state index in [0.29, 0.717) is 0 Å². The Morgan fingerprint density at radius 3 is 2.40 bits per heavy atom. The van der Waals surface area contributed by atoms with Gasteiger partial charge in [-0.05, 0) is 6.92 Å². The molecule has 0 N–H and O–H groups in total. The van der Waals surface area contributed by atoms with Crippen molar-refractivity contribution in [1.29, 1.82) is 0 Å². The van der Waals surface area contributed by atoms with E-state index in [-0.39, 0.29) is 17.3 Å². The third kappa shape index (κ3) is 4.26. The molecule has 0 amide bonds. The maximum atomic E-state index is 10.7. The van der Waals surface area contributed by atoms with Crippen LogP contribution in [0.15, 0.2) is 12.7 Å². The molecule has 0 atom stereocenters. The van der Waals surface area contributed by atoms with Crippen molar-refractivity contribution in [2.24, 2.45) is 0 Å². The van der Waals surface area contributed by atoms with Gasteiger partial charge in [-0.15, -0.1) is 6.58 Å². The highest BCUT2D eigenvalue weighted by Gasteiger charge is 2.10. The summed E-state index contributed by atoms with van der Waals surface area (Å²) >= 11 is 0. The average Bonchev–Trinajstić information content (AvgIpc) is 1.59. The van der Waals surface area contributed by atoms with Gasteiger partial charge >= 0.3 is 0 Å². The van der Waals surface area contributed by atoms with Gasteiger partial charge in [0.25, 0.3) is 0 Å². The summed E-state index contributed by atoms with van der Waals surface area (Å²) in [5.74, 6) is -0.826. The Labute approximate surface area is 60.7 Å². The molecule has 58 valence electrons. The molecule has 0 unspecified atom stereocenters. The lowest BCUT2D eigenvalue weighted by Gasteiger charge is -1.94. The Hall–Kier alpha value is -0.640. The quantitative estimate of drug-likeness (QED) is 0.554. The molecular formula is C6H10O3S. The zero-order valence-electron chi connectivity index (χ0n) is 5.83. The largest absolute Gasteiger partial charge is 0.299 e. The van der Waals surface area contributed by atoms with Crippen LogP contribution in [0.4, 0.5) is 0 Å². The van der Waals surface area contributed by atoms with Gasteiger partial charge in [0.1, 0.15) is 11.5 Å². The molecule has 0 aromatic rings. The first-order chi connectivity index (χ1) is 4.48. The van der Waals surface area contributed by atoms with Crippen molar-refractivity contribution in [3.63, 3.8) is 0 Å². The van der Waals surface area contributed by atoms with E-state index in [4.69, 9.17) is 0 Å². The van der Waals surface area contributed by atoms with E-state index in [1.54, 1.807) is 0 Å². The molecule has 0 rings (SSSR count). The summed E-state index contributed by atoms with van der Waals surface area (Å²) in [5, 5.41) is 0. The summed E-state index contributed by atoms with van der Waals surface area (Å²) < 4.78 is 21.5. The van der Waals surface area contributed by atoms with Crippen LogP contribution >= 0.6 is 0 Å². The number of sulfone groups is 1. The highest BCUT2D eigenvalue weighted by Crippen LogP contribution is 1.90. The van der Waals surface area contributed by atoms with E-state index in [2.05, 4.69) is 6.58 Å². The molecule has 0 heterocycles. The summed E-state index contributed by atoms with van der Waals surface area (Å²) in [6.07, 6.45) is 1.28. The van der Waals surface area contributed by atoms with Crippen LogP contribution in [-0.2, 0) is 14.6 Å². The van der Waals surface area contributed by atoms with Crippen molar-refractivity contribution >= 4 is 15.6 Å². The first-order valence-corrected chi connectivity index (χ1v) is 4.61. The van der Waals surface area contributed by atoms with Crippen LogP contribution in [0.3, 0.4) is 0 Å². The van der Waals surface area contributed by atoms with Crippen LogP contribution < -0.4 is 0 Å². The van der Waals surface area contributed by atoms with Crippen LogP contribution in [0.1, 0.15) is 6.92 Å². The fraction of sp³-hybridized carbons (Fsp3) is 0.500. The van der Waals surface area contributed by atoms with Gasteiger partial charge in [0.15, 0.2) is 9.84 Å². The Bertz CT molecular complexity index is 225. The van der Waals surface area contributed by atoms with Gasteiger partial charge in [-0.3, -0.25) is 4.79 Å². The minimum absolute atomic E-state index is 0.118. The number of ketones is 1. The zero-order valence-corrected chi connectivity index (χ0v) is 6.65. The molecule has 0 aliphatic heterocycles. The van der Waals surface area contributed by atoms with Crippen LogP contribution in [0.5, 0.6) is 0 Å². The number of rotatable bonds is 4. The molecule has 0 saturated heterocycles. The number of hydrogen-bond donors (Lipinski definition) is 0. The number of hydrogen-bond acceptors (Lipinski definition) is 3. The standard InChI is InChI=1S/C6H10O3S/c1-3-4-10(8,9)5-6(2)7/h3H,1,4-5H2,2H3. The van der Waals surface area contributed by atoms with Gasteiger partial charge in [0.2, 0.25) is 0 Å². The Morgan fingerprint density at radius 2 is 2.10 bits per heavy atom. The predicted molar refractivity (Wildman–Crippen MR) is 39.5 cm³/mol. The van der Waals surface area contributed by atoms with Crippen molar-refractivity contribution in [2.75, 3.05) is 11.5 Å². The third-order valence-electron chi connectivity index (χ3n) is 0.795. The first kappa shape index (κ1) is 9.36. The minimum atomic E-state index is -3.20. The van der Waals surface area contributed by atoms with Crippen molar-refractivity contribution in [3.8, 4) is 0 Å². The van der Waals surface area contributed by atoms with Gasteiger partial charge in [-0.2, -0.15) is 0 Å². The van der Waals surface area contributed by atoms with E-state index < -0.39 is 9.84 Å². The van der Waals surface area contributed by atoms with Crippen LogP contribution in [0.25, 0.3) is 0 Å². The second kappa shape index (κ2) is 3.51. The monoisotopic (exact) mass is 162 g/mol. The normalized spacial score (nSPS) is 10.9. The molecule has 0 aliphatic rings. The fourth-order valence-electron chi connectivity index (χ4n) is 0.548. The summed E-state index contributed by atoms with van der Waals surface area (Å²) in [4.78, 5) is 10.3. The summed E-state index contributed by atoms with van der Waals surface area (Å²) in [7, 11) is -3.20. The highest BCUT2D eigenvalue weighted by molar-refractivity contribution is 7.92. The molecular weight excluding hydrogens is 152 g/mol. The maximum Gasteiger partial charge on any atom is 0.160 e. The maximum absolute atomic E-state index is 10.7. The predicted octanol–water partition coefficient (Wildman–Crippen LogP) is 0.176. The Balaban J connectivity index is 4.14. The van der Waals surface area contributed by atoms with Gasteiger partial charge in [-0.1, -0.05) is 6.08 Å². The van der Waals surface area contributed by atoms with E-state index in [1.165, 1.54) is 13.0 Å². The number of carbonyl (C=O) groups excluding carboxylic acids is 1. The smallest absolute Gasteiger partial charge is 0.160 e. The topological polar surface area (TPSA) is 51.2 Å².